The Labute approximate surface area is 130 Å². The van der Waals surface area contributed by atoms with Crippen molar-refractivity contribution in [2.45, 2.75) is 12.5 Å². The van der Waals surface area contributed by atoms with Gasteiger partial charge in [-0.2, -0.15) is 0 Å². The quantitative estimate of drug-likeness (QED) is 0.569. The molecule has 1 aromatic carbocycles. The van der Waals surface area contributed by atoms with Gasteiger partial charge in [-0.3, -0.25) is 4.79 Å². The summed E-state index contributed by atoms with van der Waals surface area (Å²) in [7, 11) is 2.18. The lowest BCUT2D eigenvalue weighted by Crippen LogP contribution is -2.43. The summed E-state index contributed by atoms with van der Waals surface area (Å²) in [6.45, 7) is 0.532. The number of rotatable bonds is 8. The molecule has 0 atom stereocenters. The van der Waals surface area contributed by atoms with Crippen LogP contribution in [0.15, 0.2) is 24.5 Å². The van der Waals surface area contributed by atoms with Crippen LogP contribution in [-0.2, 0) is 13.3 Å². The van der Waals surface area contributed by atoms with E-state index in [0.717, 1.165) is 17.5 Å². The third-order valence-corrected chi connectivity index (χ3v) is 6.39. The molecule has 0 aliphatic heterocycles. The predicted molar refractivity (Wildman–Crippen MR) is 84.6 cm³/mol. The number of carbonyl (C=O) groups is 1. The summed E-state index contributed by atoms with van der Waals surface area (Å²) >= 11 is 0. The Hall–Kier alpha value is -1.74. The van der Waals surface area contributed by atoms with Crippen LogP contribution in [0.1, 0.15) is 16.8 Å². The van der Waals surface area contributed by atoms with Crippen LogP contribution in [0, 0.1) is 0 Å². The number of hydrogen-bond donors (Lipinski definition) is 2. The first-order chi connectivity index (χ1) is 10.6. The number of H-pyrrole nitrogens is 1. The molecule has 0 aliphatic rings. The van der Waals surface area contributed by atoms with Gasteiger partial charge in [-0.1, -0.05) is 0 Å². The van der Waals surface area contributed by atoms with Gasteiger partial charge in [0.25, 0.3) is 5.91 Å². The molecule has 0 saturated heterocycles. The van der Waals surface area contributed by atoms with Crippen molar-refractivity contribution in [2.24, 2.45) is 0 Å². The molecule has 2 rings (SSSR count). The second-order valence-electron chi connectivity index (χ2n) is 4.79. The number of aromatic amines is 1. The lowest BCUT2D eigenvalue weighted by atomic mass is 10.2. The van der Waals surface area contributed by atoms with Gasteiger partial charge in [0.15, 0.2) is 0 Å². The number of fused-ring (bicyclic) bond motifs is 1. The molecule has 1 aromatic heterocycles. The summed E-state index contributed by atoms with van der Waals surface area (Å²) < 4.78 is 16.0. The van der Waals surface area contributed by atoms with Crippen LogP contribution in [0.4, 0.5) is 0 Å². The predicted octanol–water partition coefficient (Wildman–Crippen LogP) is 1.56. The molecule has 2 aromatic rings. The second kappa shape index (κ2) is 7.50. The summed E-state index contributed by atoms with van der Waals surface area (Å²) in [5, 5.41) is 2.88. The highest BCUT2D eigenvalue weighted by molar-refractivity contribution is 6.60. The van der Waals surface area contributed by atoms with Crippen LogP contribution in [0.3, 0.4) is 0 Å². The summed E-state index contributed by atoms with van der Waals surface area (Å²) in [6, 6.07) is 6.02. The van der Waals surface area contributed by atoms with E-state index in [-0.39, 0.29) is 5.91 Å². The lowest BCUT2D eigenvalue weighted by Gasteiger charge is -2.24. The fourth-order valence-electron chi connectivity index (χ4n) is 2.24. The van der Waals surface area contributed by atoms with Crippen LogP contribution >= 0.6 is 0 Å². The number of hydrogen-bond acceptors (Lipinski definition) is 5. The minimum atomic E-state index is -2.56. The molecule has 0 unspecified atom stereocenters. The molecule has 0 spiro atoms. The van der Waals surface area contributed by atoms with Crippen molar-refractivity contribution in [3.8, 4) is 0 Å². The van der Waals surface area contributed by atoms with E-state index < -0.39 is 8.80 Å². The third-order valence-electron chi connectivity index (χ3n) is 3.56. The van der Waals surface area contributed by atoms with Crippen LogP contribution in [0.25, 0.3) is 11.0 Å². The maximum Gasteiger partial charge on any atom is 0.500 e. The number of carbonyl (C=O) groups excluding carboxylic acids is 1. The smallest absolute Gasteiger partial charge is 0.377 e. The highest BCUT2D eigenvalue weighted by Crippen LogP contribution is 2.15. The van der Waals surface area contributed by atoms with Crippen molar-refractivity contribution >= 4 is 25.7 Å². The van der Waals surface area contributed by atoms with Gasteiger partial charge in [-0.05, 0) is 24.6 Å². The standard InChI is InChI=1S/C14H21N3O4Si/c1-19-22(20-2,21-3)8-4-7-15-14(18)11-5-6-12-13(9-11)17-10-16-12/h5-6,9-10H,4,7-8H2,1-3H3,(H,15,18)(H,16,17). The Morgan fingerprint density at radius 3 is 2.68 bits per heavy atom. The van der Waals surface area contributed by atoms with Crippen molar-refractivity contribution in [1.82, 2.24) is 15.3 Å². The monoisotopic (exact) mass is 323 g/mol. The Kier molecular flexibility index (Phi) is 5.67. The van der Waals surface area contributed by atoms with E-state index in [4.69, 9.17) is 13.3 Å². The van der Waals surface area contributed by atoms with Crippen LogP contribution in [-0.4, -0.2) is 52.6 Å². The van der Waals surface area contributed by atoms with Crippen LogP contribution in [0.5, 0.6) is 0 Å². The van der Waals surface area contributed by atoms with Crippen molar-refractivity contribution in [3.05, 3.63) is 30.1 Å². The molecule has 1 amide bonds. The van der Waals surface area contributed by atoms with E-state index in [9.17, 15) is 4.79 Å². The molecule has 0 bridgehead atoms. The minimum Gasteiger partial charge on any atom is -0.377 e. The molecule has 1 heterocycles. The zero-order valence-corrected chi connectivity index (χ0v) is 14.0. The maximum absolute atomic E-state index is 12.1. The van der Waals surface area contributed by atoms with Gasteiger partial charge in [-0.15, -0.1) is 0 Å². The number of nitrogens with zero attached hydrogens (tertiary/aromatic N) is 1. The highest BCUT2D eigenvalue weighted by atomic mass is 28.4. The van der Waals surface area contributed by atoms with E-state index >= 15 is 0 Å². The molecule has 8 heteroatoms. The van der Waals surface area contributed by atoms with Gasteiger partial charge in [0, 0.05) is 39.5 Å². The van der Waals surface area contributed by atoms with Crippen molar-refractivity contribution < 1.29 is 18.1 Å². The molecule has 7 nitrogen and oxygen atoms in total. The van der Waals surface area contributed by atoms with Gasteiger partial charge >= 0.3 is 8.80 Å². The Bertz CT molecular complexity index is 619. The normalized spacial score (nSPS) is 11.8. The average molecular weight is 323 g/mol. The van der Waals surface area contributed by atoms with E-state index in [2.05, 4.69) is 15.3 Å². The van der Waals surface area contributed by atoms with E-state index in [1.807, 2.05) is 6.07 Å². The molecule has 0 saturated carbocycles. The number of benzene rings is 1. The van der Waals surface area contributed by atoms with E-state index in [0.29, 0.717) is 18.2 Å². The van der Waals surface area contributed by atoms with Crippen LogP contribution in [0.2, 0.25) is 6.04 Å². The van der Waals surface area contributed by atoms with Gasteiger partial charge in [0.1, 0.15) is 0 Å². The topological polar surface area (TPSA) is 85.5 Å². The molecule has 0 aliphatic carbocycles. The first-order valence-corrected chi connectivity index (χ1v) is 8.94. The number of imidazole rings is 1. The Balaban J connectivity index is 1.85. The zero-order valence-electron chi connectivity index (χ0n) is 13.0. The molecule has 0 radical (unpaired) electrons. The van der Waals surface area contributed by atoms with Gasteiger partial charge in [0.2, 0.25) is 0 Å². The number of amides is 1. The molecule has 0 fully saturated rings. The fraction of sp³-hybridized carbons (Fsp3) is 0.429. The third kappa shape index (κ3) is 3.71. The Morgan fingerprint density at radius 1 is 1.27 bits per heavy atom. The maximum atomic E-state index is 12.1. The molecular formula is C14H21N3O4Si. The second-order valence-corrected chi connectivity index (χ2v) is 7.88. The van der Waals surface area contributed by atoms with Crippen LogP contribution < -0.4 is 5.32 Å². The van der Waals surface area contributed by atoms with Gasteiger partial charge < -0.3 is 23.6 Å². The summed E-state index contributed by atoms with van der Waals surface area (Å²) in [5.41, 5.74) is 2.29. The van der Waals surface area contributed by atoms with Gasteiger partial charge in [0.05, 0.1) is 17.4 Å². The SMILES string of the molecule is CO[Si](CCCNC(=O)c1ccc2nc[nH]c2c1)(OC)OC. The van der Waals surface area contributed by atoms with E-state index in [1.165, 1.54) is 0 Å². The summed E-state index contributed by atoms with van der Waals surface area (Å²) in [5.74, 6) is -0.115. The lowest BCUT2D eigenvalue weighted by molar-refractivity contribution is 0.0949. The summed E-state index contributed by atoms with van der Waals surface area (Å²) in [4.78, 5) is 19.2. The largest absolute Gasteiger partial charge is 0.500 e. The highest BCUT2D eigenvalue weighted by Gasteiger charge is 2.36. The zero-order chi connectivity index (χ0) is 16.0. The number of nitrogens with one attached hydrogen (secondary N) is 2. The minimum absolute atomic E-state index is 0.115. The van der Waals surface area contributed by atoms with Crippen molar-refractivity contribution in [2.75, 3.05) is 27.9 Å². The number of aromatic nitrogens is 2. The average Bonchev–Trinajstić information content (AvgIpc) is 3.03. The van der Waals surface area contributed by atoms with Crippen molar-refractivity contribution in [1.29, 1.82) is 0 Å². The first kappa shape index (κ1) is 16.6. The molecular weight excluding hydrogens is 302 g/mol. The molecule has 22 heavy (non-hydrogen) atoms. The molecule has 120 valence electrons. The molecule has 2 N–H and O–H groups in total. The summed E-state index contributed by atoms with van der Waals surface area (Å²) in [6.07, 6.45) is 2.33. The van der Waals surface area contributed by atoms with Gasteiger partial charge in [-0.25, -0.2) is 4.98 Å². The fourth-order valence-corrected chi connectivity index (χ4v) is 3.96. The Morgan fingerprint density at radius 2 is 2.00 bits per heavy atom. The van der Waals surface area contributed by atoms with E-state index in [1.54, 1.807) is 39.8 Å². The van der Waals surface area contributed by atoms with Crippen molar-refractivity contribution in [3.63, 3.8) is 0 Å². The first-order valence-electron chi connectivity index (χ1n) is 7.01.